The summed E-state index contributed by atoms with van der Waals surface area (Å²) in [5.74, 6) is 0.859. The van der Waals surface area contributed by atoms with Gasteiger partial charge in [-0.15, -0.1) is 0 Å². The highest BCUT2D eigenvalue weighted by Crippen LogP contribution is 2.28. The Kier molecular flexibility index (Phi) is 5.60. The summed E-state index contributed by atoms with van der Waals surface area (Å²) < 4.78 is 19.3. The lowest BCUT2D eigenvalue weighted by Gasteiger charge is -2.34. The summed E-state index contributed by atoms with van der Waals surface area (Å²) in [6.45, 7) is 3.75. The molecule has 1 aliphatic heterocycles. The first-order valence-electron chi connectivity index (χ1n) is 9.41. The van der Waals surface area contributed by atoms with Gasteiger partial charge in [0.15, 0.2) is 0 Å². The van der Waals surface area contributed by atoms with Crippen LogP contribution in [0.5, 0.6) is 0 Å². The molecule has 0 saturated carbocycles. The second-order valence-electron chi connectivity index (χ2n) is 6.82. The van der Waals surface area contributed by atoms with Crippen molar-refractivity contribution in [3.8, 4) is 11.4 Å². The number of ether oxygens (including phenoxy) is 1. The van der Waals surface area contributed by atoms with Crippen molar-refractivity contribution in [2.24, 2.45) is 0 Å². The van der Waals surface area contributed by atoms with E-state index in [9.17, 15) is 9.18 Å². The molecule has 1 fully saturated rings. The molecule has 0 aliphatic carbocycles. The van der Waals surface area contributed by atoms with Gasteiger partial charge in [0.2, 0.25) is 0 Å². The summed E-state index contributed by atoms with van der Waals surface area (Å²) in [6.07, 6.45) is 2.17. The summed E-state index contributed by atoms with van der Waals surface area (Å²) >= 11 is 5.91. The molecule has 8 heteroatoms. The summed E-state index contributed by atoms with van der Waals surface area (Å²) in [4.78, 5) is 25.7. The van der Waals surface area contributed by atoms with Crippen molar-refractivity contribution in [3.05, 3.63) is 75.0 Å². The number of anilines is 1. The second-order valence-corrected chi connectivity index (χ2v) is 7.23. The fourth-order valence-corrected chi connectivity index (χ4v) is 3.50. The molecule has 0 spiro atoms. The van der Waals surface area contributed by atoms with Crippen LogP contribution in [0, 0.1) is 5.82 Å². The van der Waals surface area contributed by atoms with Crippen LogP contribution in [0.15, 0.2) is 47.4 Å². The molecule has 6 nitrogen and oxygen atoms in total. The fraction of sp³-hybridized carbons (Fsp3) is 0.286. The van der Waals surface area contributed by atoms with Crippen molar-refractivity contribution in [1.29, 1.82) is 0 Å². The quantitative estimate of drug-likeness (QED) is 0.703. The smallest absolute Gasteiger partial charge is 0.251 e. The van der Waals surface area contributed by atoms with Gasteiger partial charge in [-0.1, -0.05) is 24.6 Å². The Morgan fingerprint density at radius 1 is 1.31 bits per heavy atom. The van der Waals surface area contributed by atoms with Gasteiger partial charge in [-0.05, 0) is 36.2 Å². The molecule has 3 heterocycles. The summed E-state index contributed by atoms with van der Waals surface area (Å²) in [7, 11) is 0. The maximum absolute atomic E-state index is 13.4. The Bertz CT molecular complexity index is 1070. The number of hydrogen-bond donors (Lipinski definition) is 1. The highest BCUT2D eigenvalue weighted by molar-refractivity contribution is 6.30. The summed E-state index contributed by atoms with van der Waals surface area (Å²) in [6, 6.07) is 9.93. The van der Waals surface area contributed by atoms with Crippen molar-refractivity contribution in [1.82, 2.24) is 15.0 Å². The van der Waals surface area contributed by atoms with Crippen molar-refractivity contribution in [2.75, 3.05) is 24.6 Å². The van der Waals surface area contributed by atoms with E-state index in [1.54, 1.807) is 18.3 Å². The molecule has 150 valence electrons. The zero-order valence-corrected chi connectivity index (χ0v) is 16.6. The van der Waals surface area contributed by atoms with Crippen LogP contribution in [-0.4, -0.2) is 34.6 Å². The minimum Gasteiger partial charge on any atom is -0.370 e. The third kappa shape index (κ3) is 4.31. The van der Waals surface area contributed by atoms with E-state index in [1.165, 1.54) is 12.1 Å². The molecule has 3 aromatic rings. The highest BCUT2D eigenvalue weighted by Gasteiger charge is 2.23. The predicted octanol–water partition coefficient (Wildman–Crippen LogP) is 3.76. The second kappa shape index (κ2) is 8.31. The van der Waals surface area contributed by atoms with Gasteiger partial charge in [0.05, 0.1) is 11.6 Å². The van der Waals surface area contributed by atoms with E-state index in [0.29, 0.717) is 31.9 Å². The third-order valence-electron chi connectivity index (χ3n) is 4.88. The molecule has 1 unspecified atom stereocenters. The van der Waals surface area contributed by atoms with Gasteiger partial charge in [0, 0.05) is 36.6 Å². The van der Waals surface area contributed by atoms with E-state index in [-0.39, 0.29) is 16.7 Å². The number of nitrogens with zero attached hydrogens (tertiary/aromatic N) is 3. The van der Waals surface area contributed by atoms with Crippen molar-refractivity contribution >= 4 is 17.4 Å². The van der Waals surface area contributed by atoms with Crippen molar-refractivity contribution in [3.63, 3.8) is 0 Å². The molecular weight excluding hydrogens is 395 g/mol. The highest BCUT2D eigenvalue weighted by atomic mass is 35.5. The topological polar surface area (TPSA) is 71.1 Å². The van der Waals surface area contributed by atoms with Gasteiger partial charge >= 0.3 is 0 Å². The fourth-order valence-electron chi connectivity index (χ4n) is 3.31. The van der Waals surface area contributed by atoms with Gasteiger partial charge in [-0.25, -0.2) is 14.4 Å². The molecule has 1 saturated heterocycles. The lowest BCUT2D eigenvalue weighted by Crippen LogP contribution is -2.38. The van der Waals surface area contributed by atoms with E-state index in [2.05, 4.69) is 19.9 Å². The van der Waals surface area contributed by atoms with Gasteiger partial charge < -0.3 is 14.6 Å². The van der Waals surface area contributed by atoms with E-state index >= 15 is 0 Å². The monoisotopic (exact) mass is 414 g/mol. The number of pyridine rings is 1. The molecule has 0 radical (unpaired) electrons. The number of morpholine rings is 1. The Labute approximate surface area is 172 Å². The van der Waals surface area contributed by atoms with E-state index < -0.39 is 5.82 Å². The molecule has 4 rings (SSSR count). The number of aromatic amines is 1. The lowest BCUT2D eigenvalue weighted by molar-refractivity contribution is 0.0395. The molecule has 0 amide bonds. The Hall–Kier alpha value is -2.77. The number of nitrogens with one attached hydrogen (secondary N) is 1. The van der Waals surface area contributed by atoms with Gasteiger partial charge in [-0.2, -0.15) is 0 Å². The normalized spacial score (nSPS) is 16.8. The first-order chi connectivity index (χ1) is 14.0. The predicted molar refractivity (Wildman–Crippen MR) is 110 cm³/mol. The van der Waals surface area contributed by atoms with Gasteiger partial charge in [0.1, 0.15) is 23.6 Å². The van der Waals surface area contributed by atoms with Crippen LogP contribution < -0.4 is 10.5 Å². The number of hydrogen-bond acceptors (Lipinski definition) is 5. The van der Waals surface area contributed by atoms with Crippen LogP contribution in [-0.2, 0) is 11.2 Å². The largest absolute Gasteiger partial charge is 0.370 e. The van der Waals surface area contributed by atoms with Crippen LogP contribution in [0.25, 0.3) is 11.4 Å². The first-order valence-corrected chi connectivity index (χ1v) is 9.79. The molecular formula is C21H20ClFN4O2. The van der Waals surface area contributed by atoms with Gasteiger partial charge in [-0.3, -0.25) is 4.79 Å². The molecule has 1 atom stereocenters. The number of H-pyrrole nitrogens is 1. The van der Waals surface area contributed by atoms with Crippen LogP contribution >= 0.6 is 11.6 Å². The van der Waals surface area contributed by atoms with E-state index in [4.69, 9.17) is 16.3 Å². The minimum absolute atomic E-state index is 0.0847. The van der Waals surface area contributed by atoms with Crippen LogP contribution in [0.2, 0.25) is 5.02 Å². The Balaban J connectivity index is 1.53. The number of rotatable bonds is 4. The maximum atomic E-state index is 13.4. The van der Waals surface area contributed by atoms with Crippen LogP contribution in [0.4, 0.5) is 10.2 Å². The third-order valence-corrected chi connectivity index (χ3v) is 5.17. The van der Waals surface area contributed by atoms with E-state index in [0.717, 1.165) is 22.6 Å². The number of halogens is 2. The number of aromatic nitrogens is 3. The zero-order valence-electron chi connectivity index (χ0n) is 15.9. The first kappa shape index (κ1) is 19.5. The van der Waals surface area contributed by atoms with Gasteiger partial charge in [0.25, 0.3) is 5.56 Å². The van der Waals surface area contributed by atoms with Crippen LogP contribution in [0.1, 0.15) is 24.3 Å². The number of benzene rings is 1. The molecule has 1 aromatic carbocycles. The molecule has 1 N–H and O–H groups in total. The molecule has 2 aromatic heterocycles. The molecule has 1 aliphatic rings. The zero-order chi connectivity index (χ0) is 20.4. The van der Waals surface area contributed by atoms with Crippen LogP contribution in [0.3, 0.4) is 0 Å². The van der Waals surface area contributed by atoms with Crippen molar-refractivity contribution in [2.45, 2.75) is 19.4 Å². The molecule has 0 bridgehead atoms. The average Bonchev–Trinajstić information content (AvgIpc) is 2.75. The standard InChI is InChI=1S/C21H20ClFN4O2/c1-2-15-10-20(28)26-21(25-15)14-4-6-19(24-11-14)27-7-8-29-18(12-27)13-3-5-17(23)16(22)9-13/h3-6,9-11,18H,2,7-8,12H2,1H3,(H,25,26,28). The molecule has 29 heavy (non-hydrogen) atoms. The SMILES string of the molecule is CCc1cc(=O)[nH]c(-c2ccc(N3CCOC(c4ccc(F)c(Cl)c4)C3)nc2)n1. The summed E-state index contributed by atoms with van der Waals surface area (Å²) in [5.41, 5.74) is 2.14. The Morgan fingerprint density at radius 3 is 2.90 bits per heavy atom. The number of aryl methyl sites for hydroxylation is 1. The maximum Gasteiger partial charge on any atom is 0.251 e. The Morgan fingerprint density at radius 2 is 2.17 bits per heavy atom. The average molecular weight is 415 g/mol. The lowest BCUT2D eigenvalue weighted by atomic mass is 10.1. The van der Waals surface area contributed by atoms with E-state index in [1.807, 2.05) is 19.1 Å². The van der Waals surface area contributed by atoms with Crippen molar-refractivity contribution < 1.29 is 9.13 Å². The minimum atomic E-state index is -0.445. The summed E-state index contributed by atoms with van der Waals surface area (Å²) in [5, 5.41) is 0.0847.